The number of nitrogens with zero attached hydrogens (tertiary/aromatic N) is 3. The second-order valence-electron chi connectivity index (χ2n) is 4.77. The zero-order valence-electron chi connectivity index (χ0n) is 11.1. The van der Waals surface area contributed by atoms with Gasteiger partial charge in [0.25, 0.3) is 5.91 Å². The molecular formula is C15H16N4O. The van der Waals surface area contributed by atoms with E-state index in [0.29, 0.717) is 11.4 Å². The van der Waals surface area contributed by atoms with Crippen LogP contribution in [0.2, 0.25) is 0 Å². The predicted molar refractivity (Wildman–Crippen MR) is 77.9 cm³/mol. The molecule has 5 nitrogen and oxygen atoms in total. The summed E-state index contributed by atoms with van der Waals surface area (Å²) in [4.78, 5) is 22.8. The van der Waals surface area contributed by atoms with Crippen molar-refractivity contribution in [2.24, 2.45) is 0 Å². The molecule has 102 valence electrons. The van der Waals surface area contributed by atoms with Crippen LogP contribution >= 0.6 is 0 Å². The van der Waals surface area contributed by atoms with E-state index in [1.54, 1.807) is 30.6 Å². The molecule has 20 heavy (non-hydrogen) atoms. The third kappa shape index (κ3) is 2.77. The number of amides is 1. The van der Waals surface area contributed by atoms with Crippen LogP contribution < -0.4 is 10.2 Å². The molecule has 1 aliphatic heterocycles. The van der Waals surface area contributed by atoms with Crippen LogP contribution in [0.15, 0.2) is 42.7 Å². The fraction of sp³-hybridized carbons (Fsp3) is 0.267. The highest BCUT2D eigenvalue weighted by Crippen LogP contribution is 2.18. The smallest absolute Gasteiger partial charge is 0.274 e. The standard InChI is InChI=1S/C15H16N4O/c20-15(17-12-5-4-8-16-11-12)13-6-3-7-14(18-13)19-9-1-2-10-19/h3-8,11H,1-2,9-10H2,(H,17,20). The Morgan fingerprint density at radius 2 is 2.00 bits per heavy atom. The number of carbonyl (C=O) groups is 1. The first-order chi connectivity index (χ1) is 9.83. The van der Waals surface area contributed by atoms with Crippen LogP contribution in [-0.4, -0.2) is 29.0 Å². The first-order valence-electron chi connectivity index (χ1n) is 6.76. The van der Waals surface area contributed by atoms with Gasteiger partial charge in [-0.1, -0.05) is 6.07 Å². The monoisotopic (exact) mass is 268 g/mol. The van der Waals surface area contributed by atoms with E-state index in [2.05, 4.69) is 20.2 Å². The van der Waals surface area contributed by atoms with Gasteiger partial charge in [0.15, 0.2) is 0 Å². The summed E-state index contributed by atoms with van der Waals surface area (Å²) in [7, 11) is 0. The van der Waals surface area contributed by atoms with Gasteiger partial charge in [0.2, 0.25) is 0 Å². The Labute approximate surface area is 117 Å². The van der Waals surface area contributed by atoms with Gasteiger partial charge in [-0.2, -0.15) is 0 Å². The average Bonchev–Trinajstić information content (AvgIpc) is 3.03. The molecule has 2 aromatic rings. The number of aromatic nitrogens is 2. The van der Waals surface area contributed by atoms with Crippen LogP contribution in [0.4, 0.5) is 11.5 Å². The molecule has 2 aromatic heterocycles. The van der Waals surface area contributed by atoms with Crippen LogP contribution in [0.25, 0.3) is 0 Å². The summed E-state index contributed by atoms with van der Waals surface area (Å²) in [5.41, 5.74) is 1.10. The molecule has 0 unspecified atom stereocenters. The van der Waals surface area contributed by atoms with Crippen molar-refractivity contribution in [3.05, 3.63) is 48.4 Å². The third-order valence-electron chi connectivity index (χ3n) is 3.32. The van der Waals surface area contributed by atoms with Crippen LogP contribution in [0.1, 0.15) is 23.3 Å². The summed E-state index contributed by atoms with van der Waals surface area (Å²) in [5, 5.41) is 2.79. The maximum Gasteiger partial charge on any atom is 0.274 e. The summed E-state index contributed by atoms with van der Waals surface area (Å²) in [6.45, 7) is 2.03. The Kier molecular flexibility index (Phi) is 3.58. The molecule has 1 amide bonds. The molecule has 1 aliphatic rings. The lowest BCUT2D eigenvalue weighted by Gasteiger charge is -2.16. The van der Waals surface area contributed by atoms with Gasteiger partial charge in [0.05, 0.1) is 11.9 Å². The second kappa shape index (κ2) is 5.69. The van der Waals surface area contributed by atoms with Crippen LogP contribution in [0.3, 0.4) is 0 Å². The van der Waals surface area contributed by atoms with Crippen molar-refractivity contribution in [2.75, 3.05) is 23.3 Å². The van der Waals surface area contributed by atoms with E-state index in [9.17, 15) is 4.79 Å². The third-order valence-corrected chi connectivity index (χ3v) is 3.32. The van der Waals surface area contributed by atoms with Crippen molar-refractivity contribution in [1.29, 1.82) is 0 Å². The minimum Gasteiger partial charge on any atom is -0.357 e. The van der Waals surface area contributed by atoms with E-state index in [1.807, 2.05) is 12.1 Å². The van der Waals surface area contributed by atoms with E-state index < -0.39 is 0 Å². The highest BCUT2D eigenvalue weighted by molar-refractivity contribution is 6.02. The lowest BCUT2D eigenvalue weighted by Crippen LogP contribution is -2.21. The molecule has 1 fully saturated rings. The molecule has 1 N–H and O–H groups in total. The molecule has 3 heterocycles. The predicted octanol–water partition coefficient (Wildman–Crippen LogP) is 2.33. The van der Waals surface area contributed by atoms with Crippen molar-refractivity contribution >= 4 is 17.4 Å². The number of hydrogen-bond acceptors (Lipinski definition) is 4. The Bertz CT molecular complexity index is 594. The van der Waals surface area contributed by atoms with E-state index in [-0.39, 0.29) is 5.91 Å². The SMILES string of the molecule is O=C(Nc1cccnc1)c1cccc(N2CCCC2)n1. The maximum absolute atomic E-state index is 12.2. The molecule has 0 spiro atoms. The summed E-state index contributed by atoms with van der Waals surface area (Å²) < 4.78 is 0. The Morgan fingerprint density at radius 3 is 2.75 bits per heavy atom. The number of pyridine rings is 2. The summed E-state index contributed by atoms with van der Waals surface area (Å²) >= 11 is 0. The van der Waals surface area contributed by atoms with E-state index in [0.717, 1.165) is 18.9 Å². The average molecular weight is 268 g/mol. The van der Waals surface area contributed by atoms with Gasteiger partial charge < -0.3 is 10.2 Å². The van der Waals surface area contributed by atoms with Gasteiger partial charge in [0.1, 0.15) is 11.5 Å². The van der Waals surface area contributed by atoms with Crippen molar-refractivity contribution in [2.45, 2.75) is 12.8 Å². The van der Waals surface area contributed by atoms with Crippen molar-refractivity contribution in [3.8, 4) is 0 Å². The molecule has 3 rings (SSSR count). The number of hydrogen-bond donors (Lipinski definition) is 1. The van der Waals surface area contributed by atoms with Crippen molar-refractivity contribution in [1.82, 2.24) is 9.97 Å². The van der Waals surface area contributed by atoms with Crippen LogP contribution in [0.5, 0.6) is 0 Å². The van der Waals surface area contributed by atoms with E-state index >= 15 is 0 Å². The van der Waals surface area contributed by atoms with Gasteiger partial charge in [-0.25, -0.2) is 4.98 Å². The maximum atomic E-state index is 12.2. The molecule has 0 aromatic carbocycles. The molecule has 0 saturated carbocycles. The first-order valence-corrected chi connectivity index (χ1v) is 6.76. The van der Waals surface area contributed by atoms with Gasteiger partial charge >= 0.3 is 0 Å². The van der Waals surface area contributed by atoms with Gasteiger partial charge in [0, 0.05) is 19.3 Å². The molecule has 1 saturated heterocycles. The topological polar surface area (TPSA) is 58.1 Å². The molecule has 0 radical (unpaired) electrons. The van der Waals surface area contributed by atoms with Gasteiger partial charge in [-0.05, 0) is 37.1 Å². The normalized spacial score (nSPS) is 14.3. The van der Waals surface area contributed by atoms with Crippen molar-refractivity contribution < 1.29 is 4.79 Å². The fourth-order valence-corrected chi connectivity index (χ4v) is 2.30. The van der Waals surface area contributed by atoms with Gasteiger partial charge in [-0.15, -0.1) is 0 Å². The Morgan fingerprint density at radius 1 is 1.15 bits per heavy atom. The fourth-order valence-electron chi connectivity index (χ4n) is 2.30. The highest BCUT2D eigenvalue weighted by Gasteiger charge is 2.15. The molecule has 0 bridgehead atoms. The largest absolute Gasteiger partial charge is 0.357 e. The van der Waals surface area contributed by atoms with E-state index in [1.165, 1.54) is 12.8 Å². The molecular weight excluding hydrogens is 252 g/mol. The first kappa shape index (κ1) is 12.6. The Balaban J connectivity index is 1.76. The molecule has 0 aliphatic carbocycles. The van der Waals surface area contributed by atoms with Crippen LogP contribution in [-0.2, 0) is 0 Å². The zero-order chi connectivity index (χ0) is 13.8. The van der Waals surface area contributed by atoms with Crippen molar-refractivity contribution in [3.63, 3.8) is 0 Å². The van der Waals surface area contributed by atoms with Crippen LogP contribution in [0, 0.1) is 0 Å². The second-order valence-corrected chi connectivity index (χ2v) is 4.77. The number of rotatable bonds is 3. The Hall–Kier alpha value is -2.43. The minimum atomic E-state index is -0.209. The highest BCUT2D eigenvalue weighted by atomic mass is 16.1. The number of anilines is 2. The number of nitrogens with one attached hydrogen (secondary N) is 1. The lowest BCUT2D eigenvalue weighted by molar-refractivity contribution is 0.102. The summed E-state index contributed by atoms with van der Waals surface area (Å²) in [6, 6.07) is 9.13. The minimum absolute atomic E-state index is 0.209. The van der Waals surface area contributed by atoms with Gasteiger partial charge in [-0.3, -0.25) is 9.78 Å². The quantitative estimate of drug-likeness (QED) is 0.928. The summed E-state index contributed by atoms with van der Waals surface area (Å²) in [6.07, 6.45) is 5.66. The van der Waals surface area contributed by atoms with E-state index in [4.69, 9.17) is 0 Å². The molecule has 0 atom stereocenters. The molecule has 5 heteroatoms. The lowest BCUT2D eigenvalue weighted by atomic mass is 10.3. The number of carbonyl (C=O) groups excluding carboxylic acids is 1. The zero-order valence-corrected chi connectivity index (χ0v) is 11.1. The summed E-state index contributed by atoms with van der Waals surface area (Å²) in [5.74, 6) is 0.667.